The molecule has 0 unspecified atom stereocenters. The van der Waals surface area contributed by atoms with Gasteiger partial charge < -0.3 is 4.74 Å². The maximum Gasteiger partial charge on any atom is 0.261 e. The number of ether oxygens (including phenoxy) is 1. The Morgan fingerprint density at radius 3 is 2.62 bits per heavy atom. The second-order valence-corrected chi connectivity index (χ2v) is 7.40. The minimum Gasteiger partial charge on any atom is -0.488 e. The molecule has 1 fully saturated rings. The highest BCUT2D eigenvalue weighted by Crippen LogP contribution is 2.37. The Labute approximate surface area is 145 Å². The molecule has 1 N–H and O–H groups in total. The largest absolute Gasteiger partial charge is 0.488 e. The topological polar surface area (TPSA) is 103 Å². The van der Waals surface area contributed by atoms with Gasteiger partial charge in [-0.2, -0.15) is 10.5 Å². The fraction of sp³-hybridized carbons (Fsp3) is 0.250. The standard InChI is InChI=1S/C16H14ClN3O3S/c1-3-10(2)24(21,22)20-15-6-12(9-19)14(17)7-16(15)23-13-4-11(5-13)8-18/h3,6-7,11,13,20H,1-2,4-5H2. The molecule has 6 nitrogen and oxygen atoms in total. The van der Waals surface area contributed by atoms with Crippen molar-refractivity contribution >= 4 is 27.3 Å². The maximum absolute atomic E-state index is 12.1. The van der Waals surface area contributed by atoms with E-state index in [0.29, 0.717) is 12.8 Å². The predicted molar refractivity (Wildman–Crippen MR) is 90.8 cm³/mol. The van der Waals surface area contributed by atoms with E-state index in [0.717, 1.165) is 6.08 Å². The summed E-state index contributed by atoms with van der Waals surface area (Å²) in [7, 11) is -3.91. The van der Waals surface area contributed by atoms with Crippen molar-refractivity contribution in [2.75, 3.05) is 4.72 Å². The summed E-state index contributed by atoms with van der Waals surface area (Å²) in [5, 5.41) is 18.0. The molecule has 2 rings (SSSR count). The molecule has 0 spiro atoms. The van der Waals surface area contributed by atoms with Gasteiger partial charge in [0.05, 0.1) is 33.2 Å². The van der Waals surface area contributed by atoms with E-state index in [-0.39, 0.29) is 38.9 Å². The van der Waals surface area contributed by atoms with Crippen LogP contribution in [0.3, 0.4) is 0 Å². The lowest BCUT2D eigenvalue weighted by Gasteiger charge is -2.31. The predicted octanol–water partition coefficient (Wildman–Crippen LogP) is 3.33. The van der Waals surface area contributed by atoms with Gasteiger partial charge in [-0.15, -0.1) is 0 Å². The number of sulfonamides is 1. The molecule has 0 atom stereocenters. The van der Waals surface area contributed by atoms with Gasteiger partial charge in [-0.3, -0.25) is 4.72 Å². The van der Waals surface area contributed by atoms with E-state index in [1.165, 1.54) is 12.1 Å². The molecule has 0 bridgehead atoms. The van der Waals surface area contributed by atoms with Crippen LogP contribution in [0.25, 0.3) is 0 Å². The van der Waals surface area contributed by atoms with Crippen LogP contribution in [0, 0.1) is 28.6 Å². The van der Waals surface area contributed by atoms with Gasteiger partial charge in [0.15, 0.2) is 0 Å². The Hall–Kier alpha value is -2.48. The molecule has 24 heavy (non-hydrogen) atoms. The Morgan fingerprint density at radius 2 is 2.08 bits per heavy atom. The number of nitrogens with zero attached hydrogens (tertiary/aromatic N) is 2. The van der Waals surface area contributed by atoms with Crippen molar-refractivity contribution in [2.45, 2.75) is 18.9 Å². The first-order chi connectivity index (χ1) is 11.3. The smallest absolute Gasteiger partial charge is 0.261 e. The lowest BCUT2D eigenvalue weighted by Crippen LogP contribution is -2.33. The number of hydrogen-bond acceptors (Lipinski definition) is 5. The third-order valence-electron chi connectivity index (χ3n) is 3.58. The summed E-state index contributed by atoms with van der Waals surface area (Å²) in [4.78, 5) is -0.213. The number of rotatable bonds is 6. The molecule has 1 aromatic rings. The van der Waals surface area contributed by atoms with Crippen molar-refractivity contribution in [3.8, 4) is 17.9 Å². The molecule has 0 amide bonds. The molecule has 0 heterocycles. The van der Waals surface area contributed by atoms with Gasteiger partial charge in [0.2, 0.25) is 0 Å². The summed E-state index contributed by atoms with van der Waals surface area (Å²) in [6.07, 6.45) is 2.01. The summed E-state index contributed by atoms with van der Waals surface area (Å²) >= 11 is 6.00. The zero-order chi connectivity index (χ0) is 17.9. The van der Waals surface area contributed by atoms with Gasteiger partial charge >= 0.3 is 0 Å². The monoisotopic (exact) mass is 363 g/mol. The molecule has 1 aromatic carbocycles. The third kappa shape index (κ3) is 3.70. The second kappa shape index (κ2) is 6.96. The van der Waals surface area contributed by atoms with E-state index in [1.807, 2.05) is 6.07 Å². The lowest BCUT2D eigenvalue weighted by molar-refractivity contribution is 0.0901. The molecule has 0 radical (unpaired) electrons. The summed E-state index contributed by atoms with van der Waals surface area (Å²) in [6.45, 7) is 6.78. The van der Waals surface area contributed by atoms with Crippen LogP contribution in [0.15, 0.2) is 36.3 Å². The molecule has 1 aliphatic carbocycles. The highest BCUT2D eigenvalue weighted by Gasteiger charge is 2.31. The van der Waals surface area contributed by atoms with Crippen LogP contribution in [0.1, 0.15) is 18.4 Å². The van der Waals surface area contributed by atoms with E-state index in [4.69, 9.17) is 26.9 Å². The third-order valence-corrected chi connectivity index (χ3v) is 5.24. The van der Waals surface area contributed by atoms with Crippen LogP contribution < -0.4 is 9.46 Å². The molecule has 0 saturated heterocycles. The van der Waals surface area contributed by atoms with Crippen LogP contribution in [0.2, 0.25) is 5.02 Å². The van der Waals surface area contributed by atoms with Crippen LogP contribution in [-0.2, 0) is 10.0 Å². The van der Waals surface area contributed by atoms with E-state index in [9.17, 15) is 8.42 Å². The Kier molecular flexibility index (Phi) is 5.18. The van der Waals surface area contributed by atoms with Crippen LogP contribution in [-0.4, -0.2) is 14.5 Å². The molecular formula is C16H14ClN3O3S. The Bertz CT molecular complexity index is 875. The van der Waals surface area contributed by atoms with Crippen molar-refractivity contribution in [3.05, 3.63) is 46.9 Å². The lowest BCUT2D eigenvalue weighted by atomic mass is 9.83. The minimum atomic E-state index is -3.91. The zero-order valence-electron chi connectivity index (χ0n) is 12.6. The van der Waals surface area contributed by atoms with E-state index >= 15 is 0 Å². The first kappa shape index (κ1) is 17.9. The number of allylic oxidation sites excluding steroid dienone is 1. The Balaban J connectivity index is 2.34. The van der Waals surface area contributed by atoms with Crippen LogP contribution in [0.4, 0.5) is 5.69 Å². The fourth-order valence-corrected chi connectivity index (χ4v) is 3.08. The number of nitriles is 2. The van der Waals surface area contributed by atoms with Crippen LogP contribution >= 0.6 is 11.6 Å². The second-order valence-electron chi connectivity index (χ2n) is 5.25. The quantitative estimate of drug-likeness (QED) is 0.781. The number of anilines is 1. The van der Waals surface area contributed by atoms with Gasteiger partial charge in [0.1, 0.15) is 17.9 Å². The highest BCUT2D eigenvalue weighted by molar-refractivity contribution is 7.96. The Morgan fingerprint density at radius 1 is 1.42 bits per heavy atom. The molecule has 0 aromatic heterocycles. The van der Waals surface area contributed by atoms with E-state index in [2.05, 4.69) is 23.9 Å². The van der Waals surface area contributed by atoms with Gasteiger partial charge in [0.25, 0.3) is 10.0 Å². The number of hydrogen-bond donors (Lipinski definition) is 1. The molecule has 124 valence electrons. The molecular weight excluding hydrogens is 350 g/mol. The van der Waals surface area contributed by atoms with Gasteiger partial charge in [-0.05, 0) is 12.1 Å². The summed E-state index contributed by atoms with van der Waals surface area (Å²) in [6, 6.07) is 6.70. The summed E-state index contributed by atoms with van der Waals surface area (Å²) < 4.78 is 32.3. The normalized spacial score (nSPS) is 19.3. The van der Waals surface area contributed by atoms with Crippen molar-refractivity contribution in [1.82, 2.24) is 0 Å². The maximum atomic E-state index is 12.1. The van der Waals surface area contributed by atoms with Crippen molar-refractivity contribution < 1.29 is 13.2 Å². The van der Waals surface area contributed by atoms with E-state index < -0.39 is 10.0 Å². The van der Waals surface area contributed by atoms with Crippen molar-refractivity contribution in [3.63, 3.8) is 0 Å². The highest BCUT2D eigenvalue weighted by atomic mass is 35.5. The first-order valence-corrected chi connectivity index (χ1v) is 8.81. The van der Waals surface area contributed by atoms with Gasteiger partial charge in [-0.1, -0.05) is 24.8 Å². The summed E-state index contributed by atoms with van der Waals surface area (Å²) in [5.41, 5.74) is 0.189. The van der Waals surface area contributed by atoms with Crippen LogP contribution in [0.5, 0.6) is 5.75 Å². The molecule has 1 aliphatic rings. The van der Waals surface area contributed by atoms with Crippen molar-refractivity contribution in [2.24, 2.45) is 5.92 Å². The number of benzene rings is 1. The van der Waals surface area contributed by atoms with E-state index in [1.54, 1.807) is 0 Å². The number of halogens is 1. The SMILES string of the molecule is C=CC(=C)S(=O)(=O)Nc1cc(C#N)c(Cl)cc1OC1CC(C#N)C1. The minimum absolute atomic E-state index is 0.0652. The molecule has 0 aliphatic heterocycles. The molecule has 8 heteroatoms. The summed E-state index contributed by atoms with van der Waals surface area (Å²) in [5.74, 6) is 0.130. The average Bonchev–Trinajstić information content (AvgIpc) is 2.51. The van der Waals surface area contributed by atoms with Crippen molar-refractivity contribution in [1.29, 1.82) is 10.5 Å². The zero-order valence-corrected chi connectivity index (χ0v) is 14.2. The average molecular weight is 364 g/mol. The van der Waals surface area contributed by atoms with Gasteiger partial charge in [0, 0.05) is 18.9 Å². The molecule has 1 saturated carbocycles. The van der Waals surface area contributed by atoms with Gasteiger partial charge in [-0.25, -0.2) is 8.42 Å². The fourth-order valence-electron chi connectivity index (χ4n) is 2.08. The number of nitrogens with one attached hydrogen (secondary N) is 1. The first-order valence-electron chi connectivity index (χ1n) is 6.94.